The molecule has 1 N–H and O–H groups in total. The van der Waals surface area contributed by atoms with Gasteiger partial charge in [-0.1, -0.05) is 49.1 Å². The van der Waals surface area contributed by atoms with Crippen molar-refractivity contribution in [1.29, 1.82) is 0 Å². The second kappa shape index (κ2) is 13.4. The van der Waals surface area contributed by atoms with Crippen molar-refractivity contribution < 1.29 is 9.59 Å². The highest BCUT2D eigenvalue weighted by Gasteiger charge is 2.20. The van der Waals surface area contributed by atoms with Crippen molar-refractivity contribution in [2.24, 2.45) is 0 Å². The van der Waals surface area contributed by atoms with Crippen molar-refractivity contribution in [3.63, 3.8) is 0 Å². The van der Waals surface area contributed by atoms with E-state index in [2.05, 4.69) is 21.3 Å². The second-order valence-corrected chi connectivity index (χ2v) is 10.1. The first-order valence-electron chi connectivity index (χ1n) is 13.0. The monoisotopic (exact) mass is 518 g/mol. The number of aromatic nitrogens is 1. The Hall–Kier alpha value is -3.22. The number of rotatable bonds is 5. The number of hydrogen-bond acceptors (Lipinski definition) is 4. The number of carbonyl (C=O) groups excluding carboxylic acids is 2. The zero-order valence-electron chi connectivity index (χ0n) is 21.5. The van der Waals surface area contributed by atoms with Gasteiger partial charge in [0.15, 0.2) is 0 Å². The SMILES string of the molecule is CC(=O)N1CCCCCCCN(Cc2cccnc2)Cc2cc(C(=O)NCc3ccc(Cl)cc3)ccc21. The molecular weight excluding hydrogens is 484 g/mol. The van der Waals surface area contributed by atoms with Crippen molar-refractivity contribution in [2.45, 2.75) is 58.7 Å². The zero-order valence-corrected chi connectivity index (χ0v) is 22.2. The number of fused-ring (bicyclic) bond motifs is 1. The van der Waals surface area contributed by atoms with Crippen LogP contribution in [-0.2, 0) is 24.4 Å². The van der Waals surface area contributed by atoms with Crippen LogP contribution in [0.2, 0.25) is 5.02 Å². The molecule has 2 aromatic carbocycles. The molecule has 0 bridgehead atoms. The lowest BCUT2D eigenvalue weighted by atomic mass is 10.0. The van der Waals surface area contributed by atoms with E-state index in [1.165, 1.54) is 12.8 Å². The minimum Gasteiger partial charge on any atom is -0.348 e. The normalized spacial score (nSPS) is 15.2. The quantitative estimate of drug-likeness (QED) is 0.451. The van der Waals surface area contributed by atoms with Crippen LogP contribution in [0.4, 0.5) is 5.69 Å². The van der Waals surface area contributed by atoms with Crippen molar-refractivity contribution in [3.05, 3.63) is 94.3 Å². The molecule has 194 valence electrons. The molecule has 0 saturated carbocycles. The maximum Gasteiger partial charge on any atom is 0.251 e. The highest BCUT2D eigenvalue weighted by molar-refractivity contribution is 6.30. The molecule has 4 rings (SSSR count). The summed E-state index contributed by atoms with van der Waals surface area (Å²) in [5.74, 6) is -0.117. The third kappa shape index (κ3) is 7.88. The van der Waals surface area contributed by atoms with E-state index in [-0.39, 0.29) is 11.8 Å². The molecule has 0 fully saturated rings. The molecule has 0 saturated heterocycles. The molecule has 3 aromatic rings. The average molecular weight is 519 g/mol. The van der Waals surface area contributed by atoms with Gasteiger partial charge in [-0.2, -0.15) is 0 Å². The number of hydrogen-bond donors (Lipinski definition) is 1. The van der Waals surface area contributed by atoms with Crippen LogP contribution in [0, 0.1) is 0 Å². The van der Waals surface area contributed by atoms with Gasteiger partial charge < -0.3 is 10.2 Å². The second-order valence-electron chi connectivity index (χ2n) is 9.66. The van der Waals surface area contributed by atoms with E-state index < -0.39 is 0 Å². The molecule has 0 spiro atoms. The fourth-order valence-electron chi connectivity index (χ4n) is 4.79. The highest BCUT2D eigenvalue weighted by Crippen LogP contribution is 2.27. The molecule has 37 heavy (non-hydrogen) atoms. The summed E-state index contributed by atoms with van der Waals surface area (Å²) in [7, 11) is 0. The van der Waals surface area contributed by atoms with Crippen LogP contribution in [-0.4, -0.2) is 34.8 Å². The molecule has 1 aliphatic heterocycles. The third-order valence-electron chi connectivity index (χ3n) is 6.76. The van der Waals surface area contributed by atoms with Gasteiger partial charge in [-0.05, 0) is 72.5 Å². The summed E-state index contributed by atoms with van der Waals surface area (Å²) >= 11 is 5.98. The lowest BCUT2D eigenvalue weighted by molar-refractivity contribution is -0.116. The van der Waals surface area contributed by atoms with E-state index in [9.17, 15) is 9.59 Å². The summed E-state index contributed by atoms with van der Waals surface area (Å²) in [5.41, 5.74) is 4.59. The number of pyridine rings is 1. The first-order chi connectivity index (χ1) is 18.0. The van der Waals surface area contributed by atoms with Crippen molar-refractivity contribution in [2.75, 3.05) is 18.0 Å². The molecule has 6 nitrogen and oxygen atoms in total. The van der Waals surface area contributed by atoms with Gasteiger partial charge in [0.05, 0.1) is 0 Å². The highest BCUT2D eigenvalue weighted by atomic mass is 35.5. The van der Waals surface area contributed by atoms with E-state index in [1.807, 2.05) is 59.6 Å². The van der Waals surface area contributed by atoms with Crippen LogP contribution in [0.15, 0.2) is 67.0 Å². The molecule has 0 unspecified atom stereocenters. The first-order valence-corrected chi connectivity index (χ1v) is 13.4. The number of carbonyl (C=O) groups is 2. The molecule has 0 radical (unpaired) electrons. The average Bonchev–Trinajstić information content (AvgIpc) is 2.89. The van der Waals surface area contributed by atoms with Gasteiger partial charge in [0.2, 0.25) is 5.91 Å². The number of halogens is 1. The number of nitrogens with one attached hydrogen (secondary N) is 1. The van der Waals surface area contributed by atoms with E-state index in [0.29, 0.717) is 30.2 Å². The first kappa shape index (κ1) is 26.8. The summed E-state index contributed by atoms with van der Waals surface area (Å²) in [6.07, 6.45) is 9.23. The summed E-state index contributed by atoms with van der Waals surface area (Å²) in [6, 6.07) is 17.2. The predicted molar refractivity (Wildman–Crippen MR) is 149 cm³/mol. The van der Waals surface area contributed by atoms with E-state index >= 15 is 0 Å². The summed E-state index contributed by atoms with van der Waals surface area (Å²) in [5, 5.41) is 3.68. The predicted octanol–water partition coefficient (Wildman–Crippen LogP) is 5.98. The largest absolute Gasteiger partial charge is 0.348 e. The maximum absolute atomic E-state index is 13.1. The number of anilines is 1. The number of amides is 2. The van der Waals surface area contributed by atoms with Gasteiger partial charge in [-0.25, -0.2) is 0 Å². The van der Waals surface area contributed by atoms with E-state index in [0.717, 1.165) is 54.7 Å². The van der Waals surface area contributed by atoms with Crippen LogP contribution in [0.1, 0.15) is 66.1 Å². The Bertz CT molecular complexity index is 1180. The Balaban J connectivity index is 1.61. The summed E-state index contributed by atoms with van der Waals surface area (Å²) in [4.78, 5) is 34.3. The fourth-order valence-corrected chi connectivity index (χ4v) is 4.92. The molecular formula is C30H35ClN4O2. The molecule has 2 amide bonds. The summed E-state index contributed by atoms with van der Waals surface area (Å²) < 4.78 is 0. The van der Waals surface area contributed by atoms with Gasteiger partial charge in [0.1, 0.15) is 0 Å². The molecule has 1 aliphatic rings. The minimum absolute atomic E-state index is 0.0251. The van der Waals surface area contributed by atoms with Crippen LogP contribution >= 0.6 is 11.6 Å². The Labute approximate surface area is 224 Å². The van der Waals surface area contributed by atoms with Gasteiger partial charge in [0.25, 0.3) is 5.91 Å². The Kier molecular flexibility index (Phi) is 9.69. The molecule has 2 heterocycles. The topological polar surface area (TPSA) is 65.5 Å². The van der Waals surface area contributed by atoms with Crippen LogP contribution in [0.5, 0.6) is 0 Å². The van der Waals surface area contributed by atoms with Crippen molar-refractivity contribution in [3.8, 4) is 0 Å². The number of nitrogens with zero attached hydrogens (tertiary/aromatic N) is 3. The Morgan fingerprint density at radius 1 is 0.946 bits per heavy atom. The summed E-state index contributed by atoms with van der Waals surface area (Å²) in [6.45, 7) is 5.08. The lowest BCUT2D eigenvalue weighted by Gasteiger charge is -2.29. The van der Waals surface area contributed by atoms with Gasteiger partial charge in [-0.15, -0.1) is 0 Å². The van der Waals surface area contributed by atoms with Crippen molar-refractivity contribution >= 4 is 29.1 Å². The van der Waals surface area contributed by atoms with Gasteiger partial charge >= 0.3 is 0 Å². The van der Waals surface area contributed by atoms with E-state index in [4.69, 9.17) is 11.6 Å². The van der Waals surface area contributed by atoms with E-state index in [1.54, 1.807) is 13.1 Å². The number of benzene rings is 2. The lowest BCUT2D eigenvalue weighted by Crippen LogP contribution is -2.33. The molecule has 0 atom stereocenters. The third-order valence-corrected chi connectivity index (χ3v) is 7.01. The zero-order chi connectivity index (χ0) is 26.0. The standard InChI is InChI=1S/C30H35ClN4O2/c1-23(36)35-17-6-4-2-3-5-16-34(21-25-8-7-15-32-19-25)22-27-18-26(11-14-29(27)35)30(37)33-20-24-9-12-28(31)13-10-24/h7-15,18-19H,2-6,16-17,20-22H2,1H3,(H,33,37). The smallest absolute Gasteiger partial charge is 0.251 e. The van der Waals surface area contributed by atoms with Crippen LogP contribution in [0.3, 0.4) is 0 Å². The molecule has 7 heteroatoms. The fraction of sp³-hybridized carbons (Fsp3) is 0.367. The Morgan fingerprint density at radius 3 is 2.43 bits per heavy atom. The molecule has 0 aliphatic carbocycles. The molecule has 1 aromatic heterocycles. The minimum atomic E-state index is -0.142. The van der Waals surface area contributed by atoms with Crippen LogP contribution < -0.4 is 10.2 Å². The van der Waals surface area contributed by atoms with Gasteiger partial charge in [-0.3, -0.25) is 19.5 Å². The van der Waals surface area contributed by atoms with Gasteiger partial charge in [0, 0.05) is 61.8 Å². The van der Waals surface area contributed by atoms with Crippen LogP contribution in [0.25, 0.3) is 0 Å². The van der Waals surface area contributed by atoms with Crippen molar-refractivity contribution in [1.82, 2.24) is 15.2 Å². The Morgan fingerprint density at radius 2 is 1.70 bits per heavy atom. The maximum atomic E-state index is 13.1.